The number of aryl methyl sites for hydroxylation is 2. The highest BCUT2D eigenvalue weighted by Gasteiger charge is 2.06. The molecule has 0 saturated carbocycles. The number of aromatic hydroxyl groups is 1. The number of phenols is 1. The molecule has 0 aliphatic heterocycles. The van der Waals surface area contributed by atoms with Crippen molar-refractivity contribution in [3.05, 3.63) is 28.8 Å². The van der Waals surface area contributed by atoms with Gasteiger partial charge in [0.2, 0.25) is 0 Å². The van der Waals surface area contributed by atoms with E-state index in [4.69, 9.17) is 0 Å². The fourth-order valence-electron chi connectivity index (χ4n) is 1.50. The molecule has 70 valence electrons. The number of ketones is 1. The largest absolute Gasteiger partial charge is 0.508 e. The lowest BCUT2D eigenvalue weighted by Crippen LogP contribution is -2.01. The lowest BCUT2D eigenvalue weighted by molar-refractivity contribution is -0.116. The van der Waals surface area contributed by atoms with Crippen molar-refractivity contribution < 1.29 is 9.90 Å². The highest BCUT2D eigenvalue weighted by atomic mass is 16.3. The van der Waals surface area contributed by atoms with E-state index in [9.17, 15) is 9.90 Å². The number of phenolic OH excluding ortho intramolecular Hbond substituents is 1. The van der Waals surface area contributed by atoms with Gasteiger partial charge in [-0.05, 0) is 49.6 Å². The predicted octanol–water partition coefficient (Wildman–Crippen LogP) is 2.14. The molecule has 0 radical (unpaired) electrons. The molecule has 13 heavy (non-hydrogen) atoms. The van der Waals surface area contributed by atoms with Crippen LogP contribution < -0.4 is 0 Å². The summed E-state index contributed by atoms with van der Waals surface area (Å²) >= 11 is 0. The Morgan fingerprint density at radius 3 is 2.15 bits per heavy atom. The van der Waals surface area contributed by atoms with E-state index in [0.717, 1.165) is 16.7 Å². The maximum absolute atomic E-state index is 10.9. The third-order valence-electron chi connectivity index (χ3n) is 2.11. The highest BCUT2D eigenvalue weighted by molar-refractivity contribution is 5.79. The molecule has 2 nitrogen and oxygen atoms in total. The number of hydrogen-bond donors (Lipinski definition) is 1. The van der Waals surface area contributed by atoms with Gasteiger partial charge in [-0.3, -0.25) is 4.79 Å². The summed E-state index contributed by atoms with van der Waals surface area (Å²) in [5, 5.41) is 9.27. The lowest BCUT2D eigenvalue weighted by atomic mass is 9.98. The molecular weight excluding hydrogens is 164 g/mol. The van der Waals surface area contributed by atoms with Gasteiger partial charge in [-0.2, -0.15) is 0 Å². The number of carbonyl (C=O) groups excluding carboxylic acids is 1. The molecule has 0 aliphatic rings. The quantitative estimate of drug-likeness (QED) is 0.753. The minimum Gasteiger partial charge on any atom is -0.508 e. The van der Waals surface area contributed by atoms with Crippen molar-refractivity contribution >= 4 is 5.78 Å². The monoisotopic (exact) mass is 178 g/mol. The van der Waals surface area contributed by atoms with E-state index in [0.29, 0.717) is 6.42 Å². The summed E-state index contributed by atoms with van der Waals surface area (Å²) in [6.45, 7) is 5.39. The van der Waals surface area contributed by atoms with Crippen molar-refractivity contribution in [1.29, 1.82) is 0 Å². The Morgan fingerprint density at radius 1 is 1.31 bits per heavy atom. The first-order valence-corrected chi connectivity index (χ1v) is 4.29. The van der Waals surface area contributed by atoms with Crippen LogP contribution in [0.1, 0.15) is 23.6 Å². The van der Waals surface area contributed by atoms with E-state index in [1.54, 1.807) is 19.1 Å². The van der Waals surface area contributed by atoms with Crippen molar-refractivity contribution in [3.63, 3.8) is 0 Å². The summed E-state index contributed by atoms with van der Waals surface area (Å²) in [5.41, 5.74) is 2.99. The number of carbonyl (C=O) groups is 1. The van der Waals surface area contributed by atoms with E-state index in [1.807, 2.05) is 13.8 Å². The summed E-state index contributed by atoms with van der Waals surface area (Å²) < 4.78 is 0. The molecular formula is C11H14O2. The van der Waals surface area contributed by atoms with Crippen LogP contribution in [0.4, 0.5) is 0 Å². The van der Waals surface area contributed by atoms with E-state index < -0.39 is 0 Å². The fraction of sp³-hybridized carbons (Fsp3) is 0.364. The fourth-order valence-corrected chi connectivity index (χ4v) is 1.50. The SMILES string of the molecule is CC(=O)Cc1c(C)cc(O)cc1C. The van der Waals surface area contributed by atoms with Crippen molar-refractivity contribution in [2.45, 2.75) is 27.2 Å². The molecule has 0 bridgehead atoms. The molecule has 1 aromatic carbocycles. The van der Waals surface area contributed by atoms with Crippen LogP contribution in [-0.4, -0.2) is 10.9 Å². The first-order chi connectivity index (χ1) is 6.00. The van der Waals surface area contributed by atoms with Crippen LogP contribution in [0, 0.1) is 13.8 Å². The lowest BCUT2D eigenvalue weighted by Gasteiger charge is -2.08. The van der Waals surface area contributed by atoms with Gasteiger partial charge in [0.05, 0.1) is 0 Å². The molecule has 0 saturated heterocycles. The predicted molar refractivity (Wildman–Crippen MR) is 52.0 cm³/mol. The Kier molecular flexibility index (Phi) is 2.71. The number of rotatable bonds is 2. The third kappa shape index (κ3) is 2.31. The first kappa shape index (κ1) is 9.78. The molecule has 0 fully saturated rings. The van der Waals surface area contributed by atoms with Crippen LogP contribution in [0.5, 0.6) is 5.75 Å². The van der Waals surface area contributed by atoms with Crippen LogP contribution in [-0.2, 0) is 11.2 Å². The van der Waals surface area contributed by atoms with E-state index in [2.05, 4.69) is 0 Å². The number of benzene rings is 1. The number of Topliss-reactive ketones (excluding diaryl/α,β-unsaturated/α-hetero) is 1. The normalized spacial score (nSPS) is 10.1. The summed E-state index contributed by atoms with van der Waals surface area (Å²) in [6, 6.07) is 3.37. The molecule has 0 unspecified atom stereocenters. The van der Waals surface area contributed by atoms with Gasteiger partial charge in [0.25, 0.3) is 0 Å². The van der Waals surface area contributed by atoms with Crippen molar-refractivity contribution in [2.75, 3.05) is 0 Å². The zero-order valence-electron chi connectivity index (χ0n) is 8.22. The molecule has 0 aromatic heterocycles. The van der Waals surface area contributed by atoms with Gasteiger partial charge < -0.3 is 5.11 Å². The summed E-state index contributed by atoms with van der Waals surface area (Å²) in [7, 11) is 0. The van der Waals surface area contributed by atoms with Gasteiger partial charge in [-0.1, -0.05) is 0 Å². The van der Waals surface area contributed by atoms with E-state index >= 15 is 0 Å². The minimum absolute atomic E-state index is 0.150. The Balaban J connectivity index is 3.13. The zero-order valence-corrected chi connectivity index (χ0v) is 8.22. The van der Waals surface area contributed by atoms with Gasteiger partial charge >= 0.3 is 0 Å². The zero-order chi connectivity index (χ0) is 10.0. The second kappa shape index (κ2) is 3.60. The van der Waals surface area contributed by atoms with Gasteiger partial charge in [0.15, 0.2) is 0 Å². The molecule has 0 amide bonds. The molecule has 0 spiro atoms. The average Bonchev–Trinajstić information content (AvgIpc) is 1.96. The van der Waals surface area contributed by atoms with E-state index in [-0.39, 0.29) is 11.5 Å². The first-order valence-electron chi connectivity index (χ1n) is 4.29. The minimum atomic E-state index is 0.150. The second-order valence-corrected chi connectivity index (χ2v) is 3.44. The van der Waals surface area contributed by atoms with Crippen LogP contribution in [0.2, 0.25) is 0 Å². The van der Waals surface area contributed by atoms with Crippen molar-refractivity contribution in [3.8, 4) is 5.75 Å². The number of hydrogen-bond acceptors (Lipinski definition) is 2. The molecule has 0 atom stereocenters. The van der Waals surface area contributed by atoms with Crippen LogP contribution in [0.3, 0.4) is 0 Å². The maximum Gasteiger partial charge on any atom is 0.134 e. The summed E-state index contributed by atoms with van der Waals surface area (Å²) in [4.78, 5) is 10.9. The topological polar surface area (TPSA) is 37.3 Å². The van der Waals surface area contributed by atoms with Crippen LogP contribution in [0.25, 0.3) is 0 Å². The summed E-state index contributed by atoms with van der Waals surface area (Å²) in [5.74, 6) is 0.416. The van der Waals surface area contributed by atoms with Gasteiger partial charge in [0.1, 0.15) is 11.5 Å². The Hall–Kier alpha value is -1.31. The molecule has 0 heterocycles. The Bertz CT molecular complexity index is 317. The summed E-state index contributed by atoms with van der Waals surface area (Å²) in [6.07, 6.45) is 0.456. The Morgan fingerprint density at radius 2 is 1.77 bits per heavy atom. The highest BCUT2D eigenvalue weighted by Crippen LogP contribution is 2.21. The van der Waals surface area contributed by atoms with Gasteiger partial charge in [0, 0.05) is 6.42 Å². The molecule has 2 heteroatoms. The maximum atomic E-state index is 10.9. The molecule has 1 aromatic rings. The smallest absolute Gasteiger partial charge is 0.134 e. The van der Waals surface area contributed by atoms with Crippen LogP contribution >= 0.6 is 0 Å². The Labute approximate surface area is 78.2 Å². The van der Waals surface area contributed by atoms with Crippen molar-refractivity contribution in [2.24, 2.45) is 0 Å². The molecule has 1 rings (SSSR count). The molecule has 1 N–H and O–H groups in total. The van der Waals surface area contributed by atoms with Crippen molar-refractivity contribution in [1.82, 2.24) is 0 Å². The van der Waals surface area contributed by atoms with E-state index in [1.165, 1.54) is 0 Å². The average molecular weight is 178 g/mol. The third-order valence-corrected chi connectivity index (χ3v) is 2.11. The van der Waals surface area contributed by atoms with Crippen LogP contribution in [0.15, 0.2) is 12.1 Å². The van der Waals surface area contributed by atoms with Gasteiger partial charge in [-0.15, -0.1) is 0 Å². The molecule has 0 aliphatic carbocycles. The van der Waals surface area contributed by atoms with Gasteiger partial charge in [-0.25, -0.2) is 0 Å². The standard InChI is InChI=1S/C11H14O2/c1-7-4-10(13)5-8(2)11(7)6-9(3)12/h4-5,13H,6H2,1-3H3. The second-order valence-electron chi connectivity index (χ2n) is 3.44.